The molecule has 0 aliphatic carbocycles. The molecule has 0 atom stereocenters. The molecule has 0 radical (unpaired) electrons. The van der Waals surface area contributed by atoms with Crippen LogP contribution in [0.2, 0.25) is 0 Å². The van der Waals surface area contributed by atoms with Crippen molar-refractivity contribution in [2.24, 2.45) is 0 Å². The lowest BCUT2D eigenvalue weighted by molar-refractivity contribution is 0.340. The van der Waals surface area contributed by atoms with E-state index in [2.05, 4.69) is 20.8 Å². The van der Waals surface area contributed by atoms with E-state index in [1.54, 1.807) is 11.8 Å². The summed E-state index contributed by atoms with van der Waals surface area (Å²) in [7, 11) is 0. The highest BCUT2D eigenvalue weighted by Crippen LogP contribution is 2.29. The second-order valence-electron chi connectivity index (χ2n) is 5.54. The molecule has 132 valence electrons. The van der Waals surface area contributed by atoms with E-state index in [0.717, 1.165) is 40.2 Å². The molecular formula is C20H20N4OS. The van der Waals surface area contributed by atoms with Crippen LogP contribution in [0.3, 0.4) is 0 Å². The van der Waals surface area contributed by atoms with Gasteiger partial charge < -0.3 is 4.74 Å². The number of nitriles is 1. The molecule has 6 heteroatoms. The van der Waals surface area contributed by atoms with Crippen molar-refractivity contribution in [2.45, 2.75) is 24.9 Å². The van der Waals surface area contributed by atoms with Crippen molar-refractivity contribution in [3.63, 3.8) is 0 Å². The molecule has 0 saturated heterocycles. The molecule has 0 aliphatic heterocycles. The van der Waals surface area contributed by atoms with Gasteiger partial charge in [0.25, 0.3) is 0 Å². The largest absolute Gasteiger partial charge is 0.494 e. The average molecular weight is 364 g/mol. The lowest BCUT2D eigenvalue weighted by atomic mass is 10.2. The third-order valence-corrected chi connectivity index (χ3v) is 4.75. The molecule has 0 bridgehead atoms. The fraction of sp³-hybridized carbons (Fsp3) is 0.250. The highest BCUT2D eigenvalue weighted by Gasteiger charge is 2.16. The molecule has 1 aromatic heterocycles. The van der Waals surface area contributed by atoms with Gasteiger partial charge in [-0.25, -0.2) is 0 Å². The van der Waals surface area contributed by atoms with Gasteiger partial charge in [-0.1, -0.05) is 42.1 Å². The zero-order chi connectivity index (χ0) is 18.2. The third kappa shape index (κ3) is 4.24. The van der Waals surface area contributed by atoms with E-state index in [9.17, 15) is 0 Å². The van der Waals surface area contributed by atoms with E-state index in [1.165, 1.54) is 0 Å². The van der Waals surface area contributed by atoms with Crippen molar-refractivity contribution in [2.75, 3.05) is 12.4 Å². The average Bonchev–Trinajstić information content (AvgIpc) is 3.11. The fourth-order valence-corrected chi connectivity index (χ4v) is 3.43. The number of aromatic nitrogens is 3. The smallest absolute Gasteiger partial charge is 0.196 e. The van der Waals surface area contributed by atoms with Gasteiger partial charge in [-0.05, 0) is 37.6 Å². The predicted octanol–water partition coefficient (Wildman–Crippen LogP) is 4.73. The van der Waals surface area contributed by atoms with E-state index in [0.29, 0.717) is 13.0 Å². The van der Waals surface area contributed by atoms with Crippen LogP contribution in [-0.2, 0) is 0 Å². The number of rotatable bonds is 8. The van der Waals surface area contributed by atoms with Crippen LogP contribution in [0, 0.1) is 11.3 Å². The Labute approximate surface area is 157 Å². The summed E-state index contributed by atoms with van der Waals surface area (Å²) in [5.74, 6) is 2.48. The van der Waals surface area contributed by atoms with Gasteiger partial charge in [-0.15, -0.1) is 10.2 Å². The Balaban J connectivity index is 1.96. The molecule has 3 rings (SSSR count). The molecule has 26 heavy (non-hydrogen) atoms. The van der Waals surface area contributed by atoms with Crippen molar-refractivity contribution in [3.05, 3.63) is 54.6 Å². The van der Waals surface area contributed by atoms with Gasteiger partial charge in [0.2, 0.25) is 0 Å². The zero-order valence-corrected chi connectivity index (χ0v) is 15.4. The summed E-state index contributed by atoms with van der Waals surface area (Å²) >= 11 is 1.62. The van der Waals surface area contributed by atoms with Gasteiger partial charge in [0.15, 0.2) is 11.0 Å². The molecule has 0 spiro atoms. The molecule has 3 aromatic rings. The van der Waals surface area contributed by atoms with Gasteiger partial charge in [-0.3, -0.25) is 4.57 Å². The Morgan fingerprint density at radius 3 is 2.54 bits per heavy atom. The SMILES string of the molecule is CCOc1ccc(-n2c(SCCCC#N)nnc2-c2ccccc2)cc1. The maximum atomic E-state index is 8.71. The van der Waals surface area contributed by atoms with Crippen LogP contribution in [0.15, 0.2) is 59.8 Å². The first-order chi connectivity index (χ1) is 12.8. The zero-order valence-electron chi connectivity index (χ0n) is 14.6. The summed E-state index contributed by atoms with van der Waals surface area (Å²) in [6.45, 7) is 2.61. The first-order valence-corrected chi connectivity index (χ1v) is 9.56. The Kier molecular flexibility index (Phi) is 6.29. The summed E-state index contributed by atoms with van der Waals surface area (Å²) in [5, 5.41) is 18.3. The summed E-state index contributed by atoms with van der Waals surface area (Å²) in [5.41, 5.74) is 2.00. The number of nitrogens with zero attached hydrogens (tertiary/aromatic N) is 4. The van der Waals surface area contributed by atoms with Crippen LogP contribution in [0.25, 0.3) is 17.1 Å². The monoisotopic (exact) mass is 364 g/mol. The maximum Gasteiger partial charge on any atom is 0.196 e. The Bertz CT molecular complexity index is 869. The Hall–Kier alpha value is -2.78. The first kappa shape index (κ1) is 18.0. The normalized spacial score (nSPS) is 10.5. The minimum absolute atomic E-state index is 0.551. The fourth-order valence-electron chi connectivity index (χ4n) is 2.54. The van der Waals surface area contributed by atoms with Gasteiger partial charge in [0.1, 0.15) is 5.75 Å². The summed E-state index contributed by atoms with van der Waals surface area (Å²) in [6, 6.07) is 20.1. The van der Waals surface area contributed by atoms with Crippen LogP contribution >= 0.6 is 11.8 Å². The van der Waals surface area contributed by atoms with E-state index >= 15 is 0 Å². The molecule has 5 nitrogen and oxygen atoms in total. The van der Waals surface area contributed by atoms with Crippen molar-refractivity contribution in [1.82, 2.24) is 14.8 Å². The molecule has 0 aliphatic rings. The van der Waals surface area contributed by atoms with Crippen LogP contribution < -0.4 is 4.74 Å². The van der Waals surface area contributed by atoms with Crippen molar-refractivity contribution in [1.29, 1.82) is 5.26 Å². The quantitative estimate of drug-likeness (QED) is 0.427. The van der Waals surface area contributed by atoms with Gasteiger partial charge in [-0.2, -0.15) is 5.26 Å². The van der Waals surface area contributed by atoms with Gasteiger partial charge in [0.05, 0.1) is 12.7 Å². The topological polar surface area (TPSA) is 63.7 Å². The Morgan fingerprint density at radius 1 is 1.08 bits per heavy atom. The number of thioether (sulfide) groups is 1. The molecule has 0 fully saturated rings. The van der Waals surface area contributed by atoms with Crippen molar-refractivity contribution >= 4 is 11.8 Å². The number of ether oxygens (including phenoxy) is 1. The van der Waals surface area contributed by atoms with Crippen molar-refractivity contribution < 1.29 is 4.74 Å². The third-order valence-electron chi connectivity index (χ3n) is 3.74. The highest BCUT2D eigenvalue weighted by molar-refractivity contribution is 7.99. The van der Waals surface area contributed by atoms with Crippen LogP contribution in [-0.4, -0.2) is 27.1 Å². The number of hydrogen-bond acceptors (Lipinski definition) is 5. The van der Waals surface area contributed by atoms with E-state index < -0.39 is 0 Å². The van der Waals surface area contributed by atoms with Crippen molar-refractivity contribution in [3.8, 4) is 28.9 Å². The molecule has 1 heterocycles. The predicted molar refractivity (Wildman–Crippen MR) is 104 cm³/mol. The molecule has 2 aromatic carbocycles. The minimum Gasteiger partial charge on any atom is -0.494 e. The Morgan fingerprint density at radius 2 is 1.85 bits per heavy atom. The highest BCUT2D eigenvalue weighted by atomic mass is 32.2. The van der Waals surface area contributed by atoms with E-state index in [4.69, 9.17) is 10.00 Å². The standard InChI is InChI=1S/C20H20N4OS/c1-2-25-18-12-10-17(11-13-18)24-19(16-8-4-3-5-9-16)22-23-20(24)26-15-7-6-14-21/h3-5,8-13H,2,6-7,15H2,1H3. The van der Waals surface area contributed by atoms with Crippen LogP contribution in [0.5, 0.6) is 5.75 Å². The lowest BCUT2D eigenvalue weighted by Crippen LogP contribution is -2.00. The van der Waals surface area contributed by atoms with Crippen LogP contribution in [0.4, 0.5) is 0 Å². The lowest BCUT2D eigenvalue weighted by Gasteiger charge is -2.11. The molecule has 0 N–H and O–H groups in total. The summed E-state index contributed by atoms with van der Waals surface area (Å²) < 4.78 is 7.60. The second-order valence-corrected chi connectivity index (χ2v) is 6.61. The molecule has 0 amide bonds. The molecular weight excluding hydrogens is 344 g/mol. The first-order valence-electron chi connectivity index (χ1n) is 8.57. The maximum absolute atomic E-state index is 8.71. The van der Waals surface area contributed by atoms with E-state index in [1.807, 2.05) is 61.5 Å². The van der Waals surface area contributed by atoms with Gasteiger partial charge in [0, 0.05) is 23.4 Å². The molecule has 0 saturated carbocycles. The molecule has 0 unspecified atom stereocenters. The van der Waals surface area contributed by atoms with E-state index in [-0.39, 0.29) is 0 Å². The number of hydrogen-bond donors (Lipinski definition) is 0. The second kappa shape index (κ2) is 9.07. The van der Waals surface area contributed by atoms with Crippen LogP contribution in [0.1, 0.15) is 19.8 Å². The minimum atomic E-state index is 0.551. The summed E-state index contributed by atoms with van der Waals surface area (Å²) in [4.78, 5) is 0. The summed E-state index contributed by atoms with van der Waals surface area (Å²) in [6.07, 6.45) is 1.38. The number of unbranched alkanes of at least 4 members (excludes halogenated alkanes) is 1. The number of benzene rings is 2. The van der Waals surface area contributed by atoms with Gasteiger partial charge >= 0.3 is 0 Å².